The Morgan fingerprint density at radius 2 is 1.76 bits per heavy atom. The molecule has 0 amide bonds. The van der Waals surface area contributed by atoms with Crippen molar-refractivity contribution >= 4 is 11.8 Å². The highest BCUT2D eigenvalue weighted by Gasteiger charge is 2.31. The van der Waals surface area contributed by atoms with E-state index in [1.165, 1.54) is 0 Å². The van der Waals surface area contributed by atoms with Gasteiger partial charge in [-0.1, -0.05) is 44.2 Å². The van der Waals surface area contributed by atoms with Crippen LogP contribution in [0.5, 0.6) is 0 Å². The molecule has 3 heteroatoms. The van der Waals surface area contributed by atoms with Gasteiger partial charge < -0.3 is 4.74 Å². The zero-order valence-corrected chi connectivity index (χ0v) is 10.5. The molecule has 17 heavy (non-hydrogen) atoms. The second-order valence-electron chi connectivity index (χ2n) is 4.20. The number of esters is 1. The SMILES string of the molecule is CCOC(=O)[C@H](C(=O)c1ccccc1)C(C)C. The highest BCUT2D eigenvalue weighted by atomic mass is 16.5. The van der Waals surface area contributed by atoms with Crippen molar-refractivity contribution in [1.82, 2.24) is 0 Å². The summed E-state index contributed by atoms with van der Waals surface area (Å²) >= 11 is 0. The lowest BCUT2D eigenvalue weighted by atomic mass is 9.88. The summed E-state index contributed by atoms with van der Waals surface area (Å²) in [5, 5.41) is 0. The molecule has 1 aromatic carbocycles. The van der Waals surface area contributed by atoms with Crippen molar-refractivity contribution in [2.75, 3.05) is 6.61 Å². The van der Waals surface area contributed by atoms with Gasteiger partial charge in [-0.15, -0.1) is 0 Å². The zero-order valence-electron chi connectivity index (χ0n) is 10.5. The fourth-order valence-corrected chi connectivity index (χ4v) is 1.70. The molecule has 0 saturated heterocycles. The van der Waals surface area contributed by atoms with E-state index in [9.17, 15) is 9.59 Å². The van der Waals surface area contributed by atoms with Crippen molar-refractivity contribution in [2.24, 2.45) is 11.8 Å². The van der Waals surface area contributed by atoms with Gasteiger partial charge in [-0.25, -0.2) is 0 Å². The Kier molecular flexibility index (Phi) is 4.88. The largest absolute Gasteiger partial charge is 0.465 e. The number of carbonyl (C=O) groups excluding carboxylic acids is 2. The van der Waals surface area contributed by atoms with Gasteiger partial charge in [0.15, 0.2) is 5.78 Å². The zero-order chi connectivity index (χ0) is 12.8. The van der Waals surface area contributed by atoms with E-state index >= 15 is 0 Å². The van der Waals surface area contributed by atoms with Crippen LogP contribution in [0.1, 0.15) is 31.1 Å². The minimum Gasteiger partial charge on any atom is -0.465 e. The number of Topliss-reactive ketones (excluding diaryl/α,β-unsaturated/α-hetero) is 1. The van der Waals surface area contributed by atoms with Gasteiger partial charge in [-0.05, 0) is 12.8 Å². The third-order valence-corrected chi connectivity index (χ3v) is 2.55. The molecular formula is C14H18O3. The maximum atomic E-state index is 12.2. The minimum absolute atomic E-state index is 0.0678. The number of hydrogen-bond donors (Lipinski definition) is 0. The van der Waals surface area contributed by atoms with Crippen LogP contribution in [0.3, 0.4) is 0 Å². The number of benzene rings is 1. The highest BCUT2D eigenvalue weighted by molar-refractivity contribution is 6.08. The normalized spacial score (nSPS) is 12.2. The standard InChI is InChI=1S/C14H18O3/c1-4-17-14(16)12(10(2)3)13(15)11-8-6-5-7-9-11/h5-10,12H,4H2,1-3H3/t12-/m0/s1. The lowest BCUT2D eigenvalue weighted by Gasteiger charge is -2.17. The van der Waals surface area contributed by atoms with Gasteiger partial charge in [0.25, 0.3) is 0 Å². The van der Waals surface area contributed by atoms with Crippen LogP contribution >= 0.6 is 0 Å². The highest BCUT2D eigenvalue weighted by Crippen LogP contribution is 2.19. The van der Waals surface area contributed by atoms with E-state index in [4.69, 9.17) is 4.74 Å². The van der Waals surface area contributed by atoms with Gasteiger partial charge in [-0.2, -0.15) is 0 Å². The predicted molar refractivity (Wildman–Crippen MR) is 65.7 cm³/mol. The number of rotatable bonds is 5. The van der Waals surface area contributed by atoms with Crippen LogP contribution in [0, 0.1) is 11.8 Å². The summed E-state index contributed by atoms with van der Waals surface area (Å²) in [6.45, 7) is 5.73. The van der Waals surface area contributed by atoms with E-state index in [0.29, 0.717) is 12.2 Å². The van der Waals surface area contributed by atoms with Crippen molar-refractivity contribution in [2.45, 2.75) is 20.8 Å². The van der Waals surface area contributed by atoms with E-state index in [1.807, 2.05) is 19.9 Å². The molecule has 1 aromatic rings. The second kappa shape index (κ2) is 6.18. The molecular weight excluding hydrogens is 216 g/mol. The summed E-state index contributed by atoms with van der Waals surface area (Å²) < 4.78 is 4.95. The number of hydrogen-bond acceptors (Lipinski definition) is 3. The minimum atomic E-state index is -0.711. The fraction of sp³-hybridized carbons (Fsp3) is 0.429. The first-order chi connectivity index (χ1) is 8.07. The first-order valence-electron chi connectivity index (χ1n) is 5.83. The lowest BCUT2D eigenvalue weighted by molar-refractivity contribution is -0.147. The molecule has 92 valence electrons. The van der Waals surface area contributed by atoms with Crippen LogP contribution in [0.4, 0.5) is 0 Å². The summed E-state index contributed by atoms with van der Waals surface area (Å²) in [4.78, 5) is 24.0. The maximum absolute atomic E-state index is 12.2. The van der Waals surface area contributed by atoms with Crippen LogP contribution in [0.15, 0.2) is 30.3 Å². The molecule has 0 saturated carbocycles. The molecule has 0 radical (unpaired) electrons. The van der Waals surface area contributed by atoms with Gasteiger partial charge in [0, 0.05) is 5.56 Å². The average molecular weight is 234 g/mol. The van der Waals surface area contributed by atoms with Gasteiger partial charge in [-0.3, -0.25) is 9.59 Å². The molecule has 1 rings (SSSR count). The van der Waals surface area contributed by atoms with Crippen LogP contribution in [-0.4, -0.2) is 18.4 Å². The van der Waals surface area contributed by atoms with Crippen molar-refractivity contribution in [3.05, 3.63) is 35.9 Å². The van der Waals surface area contributed by atoms with E-state index in [1.54, 1.807) is 31.2 Å². The molecule has 0 N–H and O–H groups in total. The van der Waals surface area contributed by atoms with E-state index in [2.05, 4.69) is 0 Å². The van der Waals surface area contributed by atoms with Gasteiger partial charge in [0.1, 0.15) is 5.92 Å². The number of ketones is 1. The quantitative estimate of drug-likeness (QED) is 0.447. The Labute approximate surface area is 102 Å². The van der Waals surface area contributed by atoms with E-state index in [0.717, 1.165) is 0 Å². The second-order valence-corrected chi connectivity index (χ2v) is 4.20. The molecule has 0 aromatic heterocycles. The first kappa shape index (κ1) is 13.4. The molecule has 0 spiro atoms. The summed E-state index contributed by atoms with van der Waals surface area (Å²) in [6.07, 6.45) is 0. The van der Waals surface area contributed by atoms with Crippen molar-refractivity contribution < 1.29 is 14.3 Å². The van der Waals surface area contributed by atoms with Crippen LogP contribution in [-0.2, 0) is 9.53 Å². The molecule has 0 unspecified atom stereocenters. The van der Waals surface area contributed by atoms with E-state index < -0.39 is 11.9 Å². The van der Waals surface area contributed by atoms with Crippen LogP contribution in [0.2, 0.25) is 0 Å². The Morgan fingerprint density at radius 1 is 1.18 bits per heavy atom. The fourth-order valence-electron chi connectivity index (χ4n) is 1.70. The Balaban J connectivity index is 2.92. The average Bonchev–Trinajstić information content (AvgIpc) is 2.30. The third-order valence-electron chi connectivity index (χ3n) is 2.55. The topological polar surface area (TPSA) is 43.4 Å². The Bertz CT molecular complexity index is 382. The third kappa shape index (κ3) is 3.41. The number of carbonyl (C=O) groups is 2. The summed E-state index contributed by atoms with van der Waals surface area (Å²) in [5.41, 5.74) is 0.555. The maximum Gasteiger partial charge on any atom is 0.317 e. The molecule has 0 bridgehead atoms. The van der Waals surface area contributed by atoms with Crippen molar-refractivity contribution in [1.29, 1.82) is 0 Å². The van der Waals surface area contributed by atoms with Crippen LogP contribution < -0.4 is 0 Å². The Morgan fingerprint density at radius 3 is 2.24 bits per heavy atom. The first-order valence-corrected chi connectivity index (χ1v) is 5.83. The van der Waals surface area contributed by atoms with Gasteiger partial charge in [0.2, 0.25) is 0 Å². The molecule has 0 heterocycles. The molecule has 1 atom stereocenters. The molecule has 0 aliphatic heterocycles. The lowest BCUT2D eigenvalue weighted by Crippen LogP contribution is -2.30. The van der Waals surface area contributed by atoms with Crippen molar-refractivity contribution in [3.63, 3.8) is 0 Å². The predicted octanol–water partition coefficient (Wildman–Crippen LogP) is 2.70. The molecule has 3 nitrogen and oxygen atoms in total. The Hall–Kier alpha value is -1.64. The monoisotopic (exact) mass is 234 g/mol. The summed E-state index contributed by atoms with van der Waals surface area (Å²) in [6, 6.07) is 8.85. The van der Waals surface area contributed by atoms with Gasteiger partial charge >= 0.3 is 5.97 Å². The molecule has 0 aliphatic carbocycles. The molecule has 0 fully saturated rings. The van der Waals surface area contributed by atoms with E-state index in [-0.39, 0.29) is 11.7 Å². The summed E-state index contributed by atoms with van der Waals surface area (Å²) in [7, 11) is 0. The summed E-state index contributed by atoms with van der Waals surface area (Å²) in [5.74, 6) is -1.38. The smallest absolute Gasteiger partial charge is 0.317 e. The van der Waals surface area contributed by atoms with Crippen LogP contribution in [0.25, 0.3) is 0 Å². The van der Waals surface area contributed by atoms with Crippen molar-refractivity contribution in [3.8, 4) is 0 Å². The van der Waals surface area contributed by atoms with Gasteiger partial charge in [0.05, 0.1) is 6.61 Å². The molecule has 0 aliphatic rings. The number of ether oxygens (including phenoxy) is 1.